The number of aryl methyl sites for hydroxylation is 1. The molecular formula is C17H23N3OS. The highest BCUT2D eigenvalue weighted by Gasteiger charge is 2.29. The Hall–Kier alpha value is -1.59. The highest BCUT2D eigenvalue weighted by atomic mass is 32.1. The average molecular weight is 317 g/mol. The molecule has 0 aromatic carbocycles. The van der Waals surface area contributed by atoms with Gasteiger partial charge in [0.05, 0.1) is 18.6 Å². The van der Waals surface area contributed by atoms with Crippen molar-refractivity contribution in [2.45, 2.75) is 31.8 Å². The van der Waals surface area contributed by atoms with Crippen molar-refractivity contribution >= 4 is 17.2 Å². The standard InChI is InChI=1S/C17H23N3OS/c1-13(16-8-5-11-22-16)18-17(21)12-20-10-4-7-15(20)14-6-3-9-19(14)2/h3,5-6,8-9,11,13,15H,4,7,10,12H2,1-2H3,(H,18,21)/t13-,15+/m0/s1. The summed E-state index contributed by atoms with van der Waals surface area (Å²) >= 11 is 1.68. The molecule has 1 saturated heterocycles. The van der Waals surface area contributed by atoms with E-state index in [-0.39, 0.29) is 11.9 Å². The summed E-state index contributed by atoms with van der Waals surface area (Å²) in [6.45, 7) is 3.52. The van der Waals surface area contributed by atoms with E-state index < -0.39 is 0 Å². The summed E-state index contributed by atoms with van der Waals surface area (Å²) in [4.78, 5) is 15.8. The van der Waals surface area contributed by atoms with Crippen LogP contribution in [0.4, 0.5) is 0 Å². The van der Waals surface area contributed by atoms with E-state index in [9.17, 15) is 4.79 Å². The number of hydrogen-bond donors (Lipinski definition) is 1. The summed E-state index contributed by atoms with van der Waals surface area (Å²) in [6.07, 6.45) is 4.36. The van der Waals surface area contributed by atoms with E-state index in [0.29, 0.717) is 12.6 Å². The van der Waals surface area contributed by atoms with Gasteiger partial charge in [0.1, 0.15) is 0 Å². The summed E-state index contributed by atoms with van der Waals surface area (Å²) in [6, 6.07) is 8.78. The van der Waals surface area contributed by atoms with Crippen molar-refractivity contribution in [3.8, 4) is 0 Å². The van der Waals surface area contributed by atoms with Crippen molar-refractivity contribution in [1.29, 1.82) is 0 Å². The Balaban J connectivity index is 1.60. The van der Waals surface area contributed by atoms with Crippen molar-refractivity contribution in [2.24, 2.45) is 7.05 Å². The average Bonchev–Trinajstić information content (AvgIpc) is 3.19. The van der Waals surface area contributed by atoms with Gasteiger partial charge < -0.3 is 9.88 Å². The van der Waals surface area contributed by atoms with Crippen LogP contribution < -0.4 is 5.32 Å². The number of hydrogen-bond acceptors (Lipinski definition) is 3. The smallest absolute Gasteiger partial charge is 0.234 e. The molecule has 1 aliphatic heterocycles. The lowest BCUT2D eigenvalue weighted by Crippen LogP contribution is -2.38. The number of amides is 1. The molecule has 0 aliphatic carbocycles. The number of likely N-dealkylation sites (tertiary alicyclic amines) is 1. The third-order valence-electron chi connectivity index (χ3n) is 4.38. The van der Waals surface area contributed by atoms with Crippen molar-refractivity contribution in [3.05, 3.63) is 46.4 Å². The molecule has 2 aromatic rings. The van der Waals surface area contributed by atoms with E-state index in [4.69, 9.17) is 0 Å². The topological polar surface area (TPSA) is 37.3 Å². The molecule has 0 unspecified atom stereocenters. The van der Waals surface area contributed by atoms with Gasteiger partial charge >= 0.3 is 0 Å². The number of carbonyl (C=O) groups is 1. The lowest BCUT2D eigenvalue weighted by molar-refractivity contribution is -0.123. The van der Waals surface area contributed by atoms with Gasteiger partial charge in [-0.05, 0) is 49.9 Å². The first-order chi connectivity index (χ1) is 10.6. The number of aromatic nitrogens is 1. The SMILES string of the molecule is C[C@H](NC(=O)CN1CCC[C@@H]1c1cccn1C)c1cccs1. The molecule has 2 atom stereocenters. The molecule has 22 heavy (non-hydrogen) atoms. The first-order valence-electron chi connectivity index (χ1n) is 7.83. The van der Waals surface area contributed by atoms with E-state index in [1.54, 1.807) is 11.3 Å². The molecule has 4 nitrogen and oxygen atoms in total. The van der Waals surface area contributed by atoms with Gasteiger partial charge in [-0.15, -0.1) is 11.3 Å². The molecule has 3 rings (SSSR count). The van der Waals surface area contributed by atoms with E-state index in [1.807, 2.05) is 18.4 Å². The molecule has 0 radical (unpaired) electrons. The van der Waals surface area contributed by atoms with Crippen molar-refractivity contribution in [2.75, 3.05) is 13.1 Å². The van der Waals surface area contributed by atoms with E-state index in [2.05, 4.69) is 46.2 Å². The Morgan fingerprint density at radius 2 is 2.32 bits per heavy atom. The monoisotopic (exact) mass is 317 g/mol. The van der Waals surface area contributed by atoms with Crippen LogP contribution in [0.1, 0.15) is 42.4 Å². The Kier molecular flexibility index (Phi) is 4.64. The molecule has 0 saturated carbocycles. The molecule has 1 N–H and O–H groups in total. The normalized spacial score (nSPS) is 20.2. The first-order valence-corrected chi connectivity index (χ1v) is 8.71. The van der Waals surface area contributed by atoms with Gasteiger partial charge in [0.2, 0.25) is 5.91 Å². The fourth-order valence-electron chi connectivity index (χ4n) is 3.25. The van der Waals surface area contributed by atoms with Crippen LogP contribution in [0.15, 0.2) is 35.8 Å². The summed E-state index contributed by atoms with van der Waals surface area (Å²) < 4.78 is 2.16. The van der Waals surface area contributed by atoms with E-state index in [0.717, 1.165) is 19.4 Å². The Labute approximate surface area is 135 Å². The highest BCUT2D eigenvalue weighted by molar-refractivity contribution is 7.10. The summed E-state index contributed by atoms with van der Waals surface area (Å²) in [5.41, 5.74) is 1.30. The molecule has 5 heteroatoms. The lowest BCUT2D eigenvalue weighted by Gasteiger charge is -2.25. The van der Waals surface area contributed by atoms with Crippen LogP contribution in [0.5, 0.6) is 0 Å². The molecule has 1 fully saturated rings. The van der Waals surface area contributed by atoms with Crippen LogP contribution in [0.3, 0.4) is 0 Å². The third kappa shape index (κ3) is 3.25. The molecule has 1 aliphatic rings. The number of nitrogens with one attached hydrogen (secondary N) is 1. The molecule has 0 bridgehead atoms. The Bertz CT molecular complexity index is 620. The van der Waals surface area contributed by atoms with Gasteiger partial charge in [-0.2, -0.15) is 0 Å². The van der Waals surface area contributed by atoms with E-state index in [1.165, 1.54) is 10.6 Å². The zero-order chi connectivity index (χ0) is 15.5. The summed E-state index contributed by atoms with van der Waals surface area (Å²) in [5.74, 6) is 0.113. The molecular weight excluding hydrogens is 294 g/mol. The van der Waals surface area contributed by atoms with Gasteiger partial charge in [0, 0.05) is 23.8 Å². The van der Waals surface area contributed by atoms with E-state index >= 15 is 0 Å². The van der Waals surface area contributed by atoms with Gasteiger partial charge in [-0.25, -0.2) is 0 Å². The maximum absolute atomic E-state index is 12.3. The maximum atomic E-state index is 12.3. The fourth-order valence-corrected chi connectivity index (χ4v) is 3.99. The lowest BCUT2D eigenvalue weighted by atomic mass is 10.1. The second-order valence-electron chi connectivity index (χ2n) is 5.98. The minimum atomic E-state index is 0.0867. The largest absolute Gasteiger partial charge is 0.353 e. The highest BCUT2D eigenvalue weighted by Crippen LogP contribution is 2.31. The minimum absolute atomic E-state index is 0.0867. The number of carbonyl (C=O) groups excluding carboxylic acids is 1. The van der Waals surface area contributed by atoms with Crippen LogP contribution in [-0.2, 0) is 11.8 Å². The number of nitrogens with zero attached hydrogens (tertiary/aromatic N) is 2. The molecule has 0 spiro atoms. The molecule has 2 aromatic heterocycles. The van der Waals surface area contributed by atoms with Crippen LogP contribution in [0.25, 0.3) is 0 Å². The number of thiophene rings is 1. The fraction of sp³-hybridized carbons (Fsp3) is 0.471. The van der Waals surface area contributed by atoms with Crippen molar-refractivity contribution in [3.63, 3.8) is 0 Å². The van der Waals surface area contributed by atoms with Crippen molar-refractivity contribution < 1.29 is 4.79 Å². The minimum Gasteiger partial charge on any atom is -0.353 e. The number of rotatable bonds is 5. The maximum Gasteiger partial charge on any atom is 0.234 e. The van der Waals surface area contributed by atoms with Crippen LogP contribution >= 0.6 is 11.3 Å². The Morgan fingerprint density at radius 1 is 1.45 bits per heavy atom. The predicted molar refractivity (Wildman–Crippen MR) is 89.8 cm³/mol. The van der Waals surface area contributed by atoms with Crippen LogP contribution in [0.2, 0.25) is 0 Å². The van der Waals surface area contributed by atoms with Gasteiger partial charge in [0.25, 0.3) is 0 Å². The predicted octanol–water partition coefficient (Wildman–Crippen LogP) is 3.10. The quantitative estimate of drug-likeness (QED) is 0.920. The van der Waals surface area contributed by atoms with Gasteiger partial charge in [-0.3, -0.25) is 9.69 Å². The molecule has 1 amide bonds. The first kappa shape index (κ1) is 15.3. The van der Waals surface area contributed by atoms with Gasteiger partial charge in [0.15, 0.2) is 0 Å². The summed E-state index contributed by atoms with van der Waals surface area (Å²) in [5, 5.41) is 5.16. The van der Waals surface area contributed by atoms with Gasteiger partial charge in [-0.1, -0.05) is 6.07 Å². The third-order valence-corrected chi connectivity index (χ3v) is 5.44. The second kappa shape index (κ2) is 6.67. The zero-order valence-corrected chi connectivity index (χ0v) is 14.0. The molecule has 118 valence electrons. The summed E-state index contributed by atoms with van der Waals surface area (Å²) in [7, 11) is 2.07. The molecule has 3 heterocycles. The Morgan fingerprint density at radius 3 is 3.00 bits per heavy atom. The van der Waals surface area contributed by atoms with Crippen LogP contribution in [0, 0.1) is 0 Å². The zero-order valence-electron chi connectivity index (χ0n) is 13.2. The van der Waals surface area contributed by atoms with Crippen LogP contribution in [-0.4, -0.2) is 28.5 Å². The second-order valence-corrected chi connectivity index (χ2v) is 6.96. The van der Waals surface area contributed by atoms with Crippen molar-refractivity contribution in [1.82, 2.24) is 14.8 Å².